The maximum absolute atomic E-state index is 4.67. The molecule has 1 aliphatic carbocycles. The molecule has 4 nitrogen and oxygen atoms in total. The van der Waals surface area contributed by atoms with Crippen molar-refractivity contribution in [3.63, 3.8) is 0 Å². The summed E-state index contributed by atoms with van der Waals surface area (Å²) < 4.78 is 0. The number of aromatic amines is 1. The summed E-state index contributed by atoms with van der Waals surface area (Å²) in [7, 11) is 0. The molecule has 0 bridgehead atoms. The quantitative estimate of drug-likeness (QED) is 0.877. The van der Waals surface area contributed by atoms with Crippen LogP contribution >= 0.6 is 0 Å². The lowest BCUT2D eigenvalue weighted by molar-refractivity contribution is 0.429. The molecular weight excluding hydrogens is 260 g/mol. The number of hydrogen-bond donors (Lipinski definition) is 2. The highest BCUT2D eigenvalue weighted by Gasteiger charge is 2.19. The van der Waals surface area contributed by atoms with Gasteiger partial charge in [-0.2, -0.15) is 5.10 Å². The molecule has 1 fully saturated rings. The highest BCUT2D eigenvalue weighted by molar-refractivity contribution is 5.44. The molecule has 0 aliphatic heterocycles. The number of rotatable bonds is 5. The molecule has 4 heteroatoms. The molecule has 0 saturated heterocycles. The van der Waals surface area contributed by atoms with Gasteiger partial charge >= 0.3 is 0 Å². The number of H-pyrrole nitrogens is 1. The largest absolute Gasteiger partial charge is 0.385 e. The Morgan fingerprint density at radius 2 is 1.90 bits per heavy atom. The molecule has 0 spiro atoms. The van der Waals surface area contributed by atoms with E-state index in [0.29, 0.717) is 5.92 Å². The van der Waals surface area contributed by atoms with Crippen molar-refractivity contribution in [2.24, 2.45) is 0 Å². The lowest BCUT2D eigenvalue weighted by atomic mass is 9.89. The van der Waals surface area contributed by atoms with Crippen LogP contribution in [0, 0.1) is 6.92 Å². The van der Waals surface area contributed by atoms with Crippen molar-refractivity contribution in [1.82, 2.24) is 15.2 Å². The van der Waals surface area contributed by atoms with Gasteiger partial charge in [0.2, 0.25) is 0 Å². The van der Waals surface area contributed by atoms with Crippen molar-refractivity contribution in [3.05, 3.63) is 41.5 Å². The van der Waals surface area contributed by atoms with E-state index < -0.39 is 0 Å². The van der Waals surface area contributed by atoms with Crippen LogP contribution in [-0.4, -0.2) is 21.7 Å². The smallest absolute Gasteiger partial charge is 0.153 e. The van der Waals surface area contributed by atoms with E-state index in [1.165, 1.54) is 37.7 Å². The van der Waals surface area contributed by atoms with Gasteiger partial charge in [-0.25, -0.2) is 4.98 Å². The third-order valence-corrected chi connectivity index (χ3v) is 4.26. The summed E-state index contributed by atoms with van der Waals surface area (Å²) in [5.74, 6) is 2.60. The zero-order valence-corrected chi connectivity index (χ0v) is 12.7. The summed E-state index contributed by atoms with van der Waals surface area (Å²) in [6, 6.07) is 8.47. The molecule has 0 atom stereocenters. The van der Waals surface area contributed by atoms with Crippen molar-refractivity contribution >= 4 is 5.69 Å². The SMILES string of the molecule is Cc1ccc(NCCc2nc(C3CCCCC3)n[nH]2)cc1. The van der Waals surface area contributed by atoms with E-state index >= 15 is 0 Å². The molecule has 0 unspecified atom stereocenters. The van der Waals surface area contributed by atoms with Crippen LogP contribution in [0.2, 0.25) is 0 Å². The highest BCUT2D eigenvalue weighted by atomic mass is 15.2. The fraction of sp³-hybridized carbons (Fsp3) is 0.529. The minimum atomic E-state index is 0.578. The number of aromatic nitrogens is 3. The lowest BCUT2D eigenvalue weighted by Gasteiger charge is -2.18. The molecule has 1 aromatic carbocycles. The molecule has 21 heavy (non-hydrogen) atoms. The van der Waals surface area contributed by atoms with E-state index in [-0.39, 0.29) is 0 Å². The maximum atomic E-state index is 4.67. The van der Waals surface area contributed by atoms with Crippen LogP contribution in [0.3, 0.4) is 0 Å². The average Bonchev–Trinajstić information content (AvgIpc) is 2.99. The summed E-state index contributed by atoms with van der Waals surface area (Å²) >= 11 is 0. The van der Waals surface area contributed by atoms with Crippen molar-refractivity contribution in [1.29, 1.82) is 0 Å². The Labute approximate surface area is 126 Å². The van der Waals surface area contributed by atoms with Crippen molar-refractivity contribution in [2.45, 2.75) is 51.4 Å². The standard InChI is InChI=1S/C17H24N4/c1-13-7-9-15(10-8-13)18-12-11-16-19-17(21-20-16)14-5-3-2-4-6-14/h7-10,14,18H,2-6,11-12H2,1H3,(H,19,20,21). The Bertz CT molecular complexity index is 552. The fourth-order valence-corrected chi connectivity index (χ4v) is 2.96. The van der Waals surface area contributed by atoms with Gasteiger partial charge in [0.1, 0.15) is 5.82 Å². The predicted octanol–water partition coefficient (Wildman–Crippen LogP) is 3.82. The Morgan fingerprint density at radius 1 is 1.14 bits per heavy atom. The van der Waals surface area contributed by atoms with Gasteiger partial charge in [-0.15, -0.1) is 0 Å². The topological polar surface area (TPSA) is 53.6 Å². The van der Waals surface area contributed by atoms with Gasteiger partial charge in [-0.1, -0.05) is 37.0 Å². The average molecular weight is 284 g/mol. The van der Waals surface area contributed by atoms with Gasteiger partial charge in [0.15, 0.2) is 5.82 Å². The molecule has 2 aromatic rings. The zero-order chi connectivity index (χ0) is 14.5. The number of nitrogens with zero attached hydrogens (tertiary/aromatic N) is 2. The van der Waals surface area contributed by atoms with Gasteiger partial charge in [-0.3, -0.25) is 5.10 Å². The second kappa shape index (κ2) is 6.74. The van der Waals surface area contributed by atoms with Gasteiger partial charge in [0.05, 0.1) is 0 Å². The normalized spacial score (nSPS) is 16.0. The number of anilines is 1. The summed E-state index contributed by atoms with van der Waals surface area (Å²) in [5, 5.41) is 10.9. The number of nitrogens with one attached hydrogen (secondary N) is 2. The second-order valence-corrected chi connectivity index (χ2v) is 6.02. The van der Waals surface area contributed by atoms with Gasteiger partial charge in [0, 0.05) is 24.6 Å². The summed E-state index contributed by atoms with van der Waals surface area (Å²) in [6.45, 7) is 2.98. The highest BCUT2D eigenvalue weighted by Crippen LogP contribution is 2.30. The molecule has 112 valence electrons. The van der Waals surface area contributed by atoms with Crippen molar-refractivity contribution in [3.8, 4) is 0 Å². The summed E-state index contributed by atoms with van der Waals surface area (Å²) in [4.78, 5) is 4.67. The van der Waals surface area contributed by atoms with E-state index in [1.807, 2.05) is 0 Å². The van der Waals surface area contributed by atoms with Crippen LogP contribution < -0.4 is 5.32 Å². The molecule has 0 amide bonds. The van der Waals surface area contributed by atoms with Crippen LogP contribution in [0.5, 0.6) is 0 Å². The zero-order valence-electron chi connectivity index (χ0n) is 12.7. The first-order valence-electron chi connectivity index (χ1n) is 8.03. The third-order valence-electron chi connectivity index (χ3n) is 4.26. The van der Waals surface area contributed by atoms with Crippen molar-refractivity contribution < 1.29 is 0 Å². The molecule has 0 radical (unpaired) electrons. The van der Waals surface area contributed by atoms with Crippen LogP contribution in [-0.2, 0) is 6.42 Å². The number of aryl methyl sites for hydroxylation is 1. The Hall–Kier alpha value is -1.84. The van der Waals surface area contributed by atoms with E-state index in [1.54, 1.807) is 0 Å². The second-order valence-electron chi connectivity index (χ2n) is 6.02. The van der Waals surface area contributed by atoms with Gasteiger partial charge in [0.25, 0.3) is 0 Å². The molecular formula is C17H24N4. The van der Waals surface area contributed by atoms with Crippen LogP contribution in [0.4, 0.5) is 5.69 Å². The molecule has 3 rings (SSSR count). The summed E-state index contributed by atoms with van der Waals surface area (Å²) in [5.41, 5.74) is 2.44. The third kappa shape index (κ3) is 3.84. The Kier molecular flexibility index (Phi) is 4.53. The molecule has 2 N–H and O–H groups in total. The number of hydrogen-bond acceptors (Lipinski definition) is 3. The summed E-state index contributed by atoms with van der Waals surface area (Å²) in [6.07, 6.45) is 7.40. The minimum Gasteiger partial charge on any atom is -0.385 e. The van der Waals surface area contributed by atoms with Crippen LogP contribution in [0.15, 0.2) is 24.3 Å². The van der Waals surface area contributed by atoms with Crippen LogP contribution in [0.1, 0.15) is 55.2 Å². The number of benzene rings is 1. The molecule has 1 aromatic heterocycles. The first-order valence-corrected chi connectivity index (χ1v) is 8.03. The Balaban J connectivity index is 1.49. The maximum Gasteiger partial charge on any atom is 0.153 e. The Morgan fingerprint density at radius 3 is 2.67 bits per heavy atom. The van der Waals surface area contributed by atoms with Gasteiger partial charge in [-0.05, 0) is 31.9 Å². The lowest BCUT2D eigenvalue weighted by Crippen LogP contribution is -2.07. The van der Waals surface area contributed by atoms with E-state index in [0.717, 1.165) is 30.3 Å². The van der Waals surface area contributed by atoms with Gasteiger partial charge < -0.3 is 5.32 Å². The van der Waals surface area contributed by atoms with Crippen LogP contribution in [0.25, 0.3) is 0 Å². The molecule has 1 saturated carbocycles. The molecule has 1 heterocycles. The van der Waals surface area contributed by atoms with E-state index in [4.69, 9.17) is 0 Å². The first-order chi connectivity index (χ1) is 10.3. The monoisotopic (exact) mass is 284 g/mol. The van der Waals surface area contributed by atoms with E-state index in [9.17, 15) is 0 Å². The first kappa shape index (κ1) is 14.1. The molecule has 1 aliphatic rings. The minimum absolute atomic E-state index is 0.578. The van der Waals surface area contributed by atoms with Crippen molar-refractivity contribution in [2.75, 3.05) is 11.9 Å². The van der Waals surface area contributed by atoms with E-state index in [2.05, 4.69) is 51.7 Å². The predicted molar refractivity (Wildman–Crippen MR) is 85.6 cm³/mol. The fourth-order valence-electron chi connectivity index (χ4n) is 2.96.